The molecule has 0 aromatic carbocycles. The lowest BCUT2D eigenvalue weighted by atomic mass is 9.92. The fourth-order valence-electron chi connectivity index (χ4n) is 1.52. The van der Waals surface area contributed by atoms with Crippen LogP contribution in [0.3, 0.4) is 0 Å². The Labute approximate surface area is 87.1 Å². The topological polar surface area (TPSA) is 0 Å². The second kappa shape index (κ2) is 6.06. The molecule has 0 saturated heterocycles. The van der Waals surface area contributed by atoms with E-state index >= 15 is 0 Å². The first-order valence-corrected chi connectivity index (χ1v) is 6.61. The molecule has 0 N–H and O–H groups in total. The zero-order chi connectivity index (χ0) is 8.81. The maximum Gasteiger partial charge on any atom is 0.0929 e. The maximum atomic E-state index is 5.66. The van der Waals surface area contributed by atoms with Gasteiger partial charge >= 0.3 is 0 Å². The number of hydrogen-bond donors (Lipinski definition) is 0. The Morgan fingerprint density at radius 3 is 2.83 bits per heavy atom. The summed E-state index contributed by atoms with van der Waals surface area (Å²) in [4.78, 5) is 0. The van der Waals surface area contributed by atoms with Crippen molar-refractivity contribution >= 4 is 32.7 Å². The summed E-state index contributed by atoms with van der Waals surface area (Å²) in [6, 6.07) is 1.20. The van der Waals surface area contributed by atoms with Crippen LogP contribution >= 0.6 is 23.2 Å². The first kappa shape index (κ1) is 10.6. The molecule has 0 aromatic heterocycles. The van der Waals surface area contributed by atoms with Crippen molar-refractivity contribution in [2.75, 3.05) is 0 Å². The summed E-state index contributed by atoms with van der Waals surface area (Å²) in [6.45, 7) is 0. The molecule has 0 spiro atoms. The van der Waals surface area contributed by atoms with Crippen LogP contribution in [0.2, 0.25) is 6.04 Å². The summed E-state index contributed by atoms with van der Waals surface area (Å²) in [6.07, 6.45) is 9.77. The van der Waals surface area contributed by atoms with E-state index in [1.54, 1.807) is 0 Å². The minimum atomic E-state index is -0.135. The molecule has 1 atom stereocenters. The van der Waals surface area contributed by atoms with Crippen molar-refractivity contribution in [3.05, 3.63) is 12.2 Å². The molecule has 3 heteroatoms. The summed E-state index contributed by atoms with van der Waals surface area (Å²) in [5.74, 6) is 0.898. The van der Waals surface area contributed by atoms with Crippen LogP contribution in [0, 0.1) is 5.92 Å². The normalized spacial score (nSPS) is 23.4. The van der Waals surface area contributed by atoms with E-state index in [1.807, 2.05) is 0 Å². The second-order valence-corrected chi connectivity index (χ2v) is 6.51. The van der Waals surface area contributed by atoms with E-state index in [9.17, 15) is 0 Å². The number of rotatable bonds is 4. The third-order valence-electron chi connectivity index (χ3n) is 2.23. The van der Waals surface area contributed by atoms with Crippen molar-refractivity contribution in [2.45, 2.75) is 36.2 Å². The third kappa shape index (κ3) is 4.54. The average molecular weight is 221 g/mol. The monoisotopic (exact) mass is 220 g/mol. The molecule has 0 saturated carbocycles. The van der Waals surface area contributed by atoms with Crippen molar-refractivity contribution in [1.29, 1.82) is 0 Å². The smallest absolute Gasteiger partial charge is 0.0929 e. The van der Waals surface area contributed by atoms with Gasteiger partial charge in [0.05, 0.1) is 14.0 Å². The van der Waals surface area contributed by atoms with E-state index in [-0.39, 0.29) is 4.46 Å². The predicted molar refractivity (Wildman–Crippen MR) is 57.2 cm³/mol. The molecular formula is C9H14Cl2Si. The Bertz CT molecular complexity index is 145. The van der Waals surface area contributed by atoms with E-state index in [0.717, 1.165) is 15.4 Å². The molecule has 1 rings (SSSR count). The summed E-state index contributed by atoms with van der Waals surface area (Å²) in [7, 11) is 0.720. The molecular weight excluding hydrogens is 207 g/mol. The molecule has 0 aromatic rings. The van der Waals surface area contributed by atoms with Gasteiger partial charge in [-0.05, 0) is 25.2 Å². The fraction of sp³-hybridized carbons (Fsp3) is 0.778. The third-order valence-corrected chi connectivity index (χ3v) is 4.04. The van der Waals surface area contributed by atoms with Crippen LogP contribution < -0.4 is 0 Å². The molecule has 1 unspecified atom stereocenters. The molecule has 0 amide bonds. The van der Waals surface area contributed by atoms with Crippen LogP contribution in [-0.2, 0) is 0 Å². The molecule has 0 aliphatic heterocycles. The van der Waals surface area contributed by atoms with Crippen LogP contribution in [0.5, 0.6) is 0 Å². The van der Waals surface area contributed by atoms with Gasteiger partial charge in [0.1, 0.15) is 0 Å². The Morgan fingerprint density at radius 2 is 2.25 bits per heavy atom. The highest BCUT2D eigenvalue weighted by atomic mass is 35.5. The molecule has 1 aliphatic carbocycles. The van der Waals surface area contributed by atoms with E-state index in [1.165, 1.54) is 31.7 Å². The van der Waals surface area contributed by atoms with Crippen molar-refractivity contribution in [2.24, 2.45) is 5.92 Å². The van der Waals surface area contributed by atoms with Gasteiger partial charge in [0.2, 0.25) is 0 Å². The van der Waals surface area contributed by atoms with Gasteiger partial charge < -0.3 is 0 Å². The summed E-state index contributed by atoms with van der Waals surface area (Å²) in [5.41, 5.74) is 0. The molecule has 2 radical (unpaired) electrons. The Balaban J connectivity index is 2.03. The highest BCUT2D eigenvalue weighted by molar-refractivity contribution is 6.68. The van der Waals surface area contributed by atoms with Crippen molar-refractivity contribution < 1.29 is 0 Å². The zero-order valence-electron chi connectivity index (χ0n) is 7.10. The van der Waals surface area contributed by atoms with Gasteiger partial charge in [-0.1, -0.05) is 24.6 Å². The molecule has 0 fully saturated rings. The highest BCUT2D eigenvalue weighted by Gasteiger charge is 2.10. The van der Waals surface area contributed by atoms with Crippen LogP contribution in [0.4, 0.5) is 0 Å². The van der Waals surface area contributed by atoms with Gasteiger partial charge in [0.25, 0.3) is 0 Å². The summed E-state index contributed by atoms with van der Waals surface area (Å²) in [5, 5.41) is 0. The Morgan fingerprint density at radius 1 is 1.42 bits per heavy atom. The van der Waals surface area contributed by atoms with E-state index in [2.05, 4.69) is 12.2 Å². The quantitative estimate of drug-likeness (QED) is 0.386. The van der Waals surface area contributed by atoms with Gasteiger partial charge in [0, 0.05) is 0 Å². The summed E-state index contributed by atoms with van der Waals surface area (Å²) >= 11 is 11.3. The lowest BCUT2D eigenvalue weighted by Crippen LogP contribution is -2.07. The van der Waals surface area contributed by atoms with Crippen molar-refractivity contribution in [1.82, 2.24) is 0 Å². The largest absolute Gasteiger partial charge is 0.110 e. The highest BCUT2D eigenvalue weighted by Crippen LogP contribution is 2.23. The van der Waals surface area contributed by atoms with Crippen LogP contribution in [0.25, 0.3) is 0 Å². The zero-order valence-corrected chi connectivity index (χ0v) is 9.61. The lowest BCUT2D eigenvalue weighted by molar-refractivity contribution is 0.464. The molecule has 68 valence electrons. The number of halogens is 2. The average Bonchev–Trinajstić information content (AvgIpc) is 2.05. The first-order chi connectivity index (χ1) is 5.79. The van der Waals surface area contributed by atoms with Crippen molar-refractivity contribution in [3.63, 3.8) is 0 Å². The molecule has 0 heterocycles. The Kier molecular flexibility index (Phi) is 5.36. The van der Waals surface area contributed by atoms with Crippen LogP contribution in [-0.4, -0.2) is 14.0 Å². The van der Waals surface area contributed by atoms with Gasteiger partial charge in [-0.15, -0.1) is 23.2 Å². The second-order valence-electron chi connectivity index (χ2n) is 3.19. The van der Waals surface area contributed by atoms with Gasteiger partial charge in [-0.3, -0.25) is 0 Å². The molecule has 1 aliphatic rings. The SMILES string of the molecule is ClC(Cl)[Si]CCC1CC=CCC1. The van der Waals surface area contributed by atoms with Gasteiger partial charge in [-0.2, -0.15) is 0 Å². The van der Waals surface area contributed by atoms with Crippen molar-refractivity contribution in [3.8, 4) is 0 Å². The molecule has 0 nitrogen and oxygen atoms in total. The minimum absolute atomic E-state index is 0.135. The van der Waals surface area contributed by atoms with Gasteiger partial charge in [0.15, 0.2) is 0 Å². The summed E-state index contributed by atoms with van der Waals surface area (Å²) < 4.78 is -0.135. The maximum absolute atomic E-state index is 5.66. The molecule has 0 bridgehead atoms. The van der Waals surface area contributed by atoms with E-state index in [4.69, 9.17) is 23.2 Å². The van der Waals surface area contributed by atoms with E-state index in [0.29, 0.717) is 0 Å². The van der Waals surface area contributed by atoms with Crippen LogP contribution in [0.15, 0.2) is 12.2 Å². The number of allylic oxidation sites excluding steroid dienone is 2. The molecule has 12 heavy (non-hydrogen) atoms. The van der Waals surface area contributed by atoms with E-state index < -0.39 is 0 Å². The number of alkyl halides is 2. The number of hydrogen-bond acceptors (Lipinski definition) is 0. The van der Waals surface area contributed by atoms with Crippen LogP contribution in [0.1, 0.15) is 25.7 Å². The first-order valence-electron chi connectivity index (χ1n) is 4.45. The predicted octanol–water partition coefficient (Wildman–Crippen LogP) is 3.62. The van der Waals surface area contributed by atoms with Gasteiger partial charge in [-0.25, -0.2) is 0 Å². The lowest BCUT2D eigenvalue weighted by Gasteiger charge is -2.16. The standard InChI is InChI=1S/C9H14Cl2Si/c10-9(11)12-7-6-8-4-2-1-3-5-8/h1-2,8-9H,3-7H2. The fourth-order valence-corrected chi connectivity index (χ4v) is 2.96. The Hall–Kier alpha value is 0.537. The minimum Gasteiger partial charge on any atom is -0.110 e.